The fourth-order valence-electron chi connectivity index (χ4n) is 0.929. The van der Waals surface area contributed by atoms with Gasteiger partial charge in [-0.3, -0.25) is 4.68 Å². The molecule has 0 saturated heterocycles. The predicted molar refractivity (Wildman–Crippen MR) is 40.3 cm³/mol. The number of hydrogen-bond donors (Lipinski definition) is 0. The van der Waals surface area contributed by atoms with Crippen LogP contribution in [0.2, 0.25) is 0 Å². The molecule has 0 atom stereocenters. The Labute approximate surface area is 64.1 Å². The molecule has 0 amide bonds. The largest absolute Gasteiger partial charge is 0.274 e. The number of aromatic nitrogens is 4. The van der Waals surface area contributed by atoms with Crippen LogP contribution in [-0.2, 0) is 7.05 Å². The van der Waals surface area contributed by atoms with E-state index in [-0.39, 0.29) is 0 Å². The van der Waals surface area contributed by atoms with Crippen molar-refractivity contribution in [1.29, 1.82) is 0 Å². The fourth-order valence-corrected chi connectivity index (χ4v) is 0.929. The number of aryl methyl sites for hydroxylation is 1. The van der Waals surface area contributed by atoms with Crippen LogP contribution < -0.4 is 0 Å². The van der Waals surface area contributed by atoms with Crippen molar-refractivity contribution in [3.05, 3.63) is 30.7 Å². The van der Waals surface area contributed by atoms with Gasteiger partial charge in [0.05, 0.1) is 0 Å². The molecule has 0 fully saturated rings. The second-order valence-corrected chi connectivity index (χ2v) is 2.30. The average Bonchev–Trinajstić information content (AvgIpc) is 2.55. The smallest absolute Gasteiger partial charge is 0.174 e. The van der Waals surface area contributed by atoms with Crippen LogP contribution in [0.1, 0.15) is 0 Å². The molecule has 0 aromatic carbocycles. The molecular weight excluding hydrogens is 140 g/mol. The molecule has 0 radical (unpaired) electrons. The first kappa shape index (κ1) is 6.15. The average molecular weight is 148 g/mol. The van der Waals surface area contributed by atoms with E-state index in [4.69, 9.17) is 0 Å². The molecular formula is C7H8N4. The Hall–Kier alpha value is -1.58. The highest BCUT2D eigenvalue weighted by atomic mass is 15.4. The Morgan fingerprint density at radius 3 is 2.82 bits per heavy atom. The first-order valence-electron chi connectivity index (χ1n) is 3.36. The molecule has 2 aromatic rings. The molecule has 2 heterocycles. The second kappa shape index (κ2) is 2.23. The fraction of sp³-hybridized carbons (Fsp3) is 0.143. The Balaban J connectivity index is 2.45. The number of rotatable bonds is 1. The van der Waals surface area contributed by atoms with Crippen LogP contribution in [-0.4, -0.2) is 19.6 Å². The van der Waals surface area contributed by atoms with E-state index in [0.717, 1.165) is 5.82 Å². The minimum absolute atomic E-state index is 0.845. The topological polar surface area (TPSA) is 35.6 Å². The van der Waals surface area contributed by atoms with Crippen molar-refractivity contribution >= 4 is 0 Å². The lowest BCUT2D eigenvalue weighted by molar-refractivity contribution is 0.731. The van der Waals surface area contributed by atoms with Gasteiger partial charge in [0, 0.05) is 31.7 Å². The van der Waals surface area contributed by atoms with Crippen LogP contribution in [0, 0.1) is 0 Å². The van der Waals surface area contributed by atoms with Crippen molar-refractivity contribution < 1.29 is 0 Å². The molecule has 0 N–H and O–H groups in total. The van der Waals surface area contributed by atoms with E-state index < -0.39 is 0 Å². The quantitative estimate of drug-likeness (QED) is 0.593. The van der Waals surface area contributed by atoms with Crippen LogP contribution in [0.25, 0.3) is 5.82 Å². The maximum absolute atomic E-state index is 4.17. The maximum Gasteiger partial charge on any atom is 0.174 e. The van der Waals surface area contributed by atoms with Gasteiger partial charge in [0.25, 0.3) is 0 Å². The maximum atomic E-state index is 4.17. The zero-order valence-electron chi connectivity index (χ0n) is 6.18. The van der Waals surface area contributed by atoms with Crippen molar-refractivity contribution in [3.8, 4) is 5.82 Å². The summed E-state index contributed by atoms with van der Waals surface area (Å²) in [6.07, 6.45) is 5.48. The van der Waals surface area contributed by atoms with Crippen molar-refractivity contribution in [2.24, 2.45) is 7.05 Å². The predicted octanol–water partition coefficient (Wildman–Crippen LogP) is 0.606. The third kappa shape index (κ3) is 1.02. The van der Waals surface area contributed by atoms with Gasteiger partial charge in [0.15, 0.2) is 5.82 Å². The van der Waals surface area contributed by atoms with Gasteiger partial charge >= 0.3 is 0 Å². The molecule has 0 aliphatic carbocycles. The SMILES string of the molecule is Cn1ccc(-n2cccn2)n1. The van der Waals surface area contributed by atoms with Crippen molar-refractivity contribution in [2.75, 3.05) is 0 Å². The van der Waals surface area contributed by atoms with E-state index in [1.54, 1.807) is 15.6 Å². The minimum atomic E-state index is 0.845. The summed E-state index contributed by atoms with van der Waals surface area (Å²) in [7, 11) is 1.88. The Morgan fingerprint density at radius 2 is 2.27 bits per heavy atom. The van der Waals surface area contributed by atoms with Gasteiger partial charge in [-0.05, 0) is 6.07 Å². The highest BCUT2D eigenvalue weighted by molar-refractivity contribution is 5.17. The summed E-state index contributed by atoms with van der Waals surface area (Å²) >= 11 is 0. The molecule has 4 heteroatoms. The van der Waals surface area contributed by atoms with E-state index in [1.807, 2.05) is 31.6 Å². The molecule has 4 nitrogen and oxygen atoms in total. The van der Waals surface area contributed by atoms with Crippen LogP contribution in [0.5, 0.6) is 0 Å². The molecule has 2 rings (SSSR count). The Kier molecular flexibility index (Phi) is 1.25. The summed E-state index contributed by atoms with van der Waals surface area (Å²) in [5.41, 5.74) is 0. The third-order valence-corrected chi connectivity index (χ3v) is 1.44. The van der Waals surface area contributed by atoms with Gasteiger partial charge in [-0.15, -0.1) is 0 Å². The monoisotopic (exact) mass is 148 g/mol. The van der Waals surface area contributed by atoms with Gasteiger partial charge in [-0.2, -0.15) is 10.2 Å². The highest BCUT2D eigenvalue weighted by Gasteiger charge is 1.96. The second-order valence-electron chi connectivity index (χ2n) is 2.30. The van der Waals surface area contributed by atoms with Gasteiger partial charge in [-0.1, -0.05) is 0 Å². The van der Waals surface area contributed by atoms with Gasteiger partial charge in [0.2, 0.25) is 0 Å². The third-order valence-electron chi connectivity index (χ3n) is 1.44. The first-order chi connectivity index (χ1) is 5.36. The van der Waals surface area contributed by atoms with Gasteiger partial charge < -0.3 is 0 Å². The molecule has 0 saturated carbocycles. The normalized spacial score (nSPS) is 10.3. The van der Waals surface area contributed by atoms with E-state index in [1.165, 1.54) is 0 Å². The lowest BCUT2D eigenvalue weighted by atomic mass is 10.6. The van der Waals surface area contributed by atoms with Crippen LogP contribution in [0.15, 0.2) is 30.7 Å². The summed E-state index contributed by atoms with van der Waals surface area (Å²) < 4.78 is 3.47. The molecule has 0 spiro atoms. The van der Waals surface area contributed by atoms with Gasteiger partial charge in [0.1, 0.15) is 0 Å². The van der Waals surface area contributed by atoms with Crippen LogP contribution >= 0.6 is 0 Å². The zero-order chi connectivity index (χ0) is 7.68. The van der Waals surface area contributed by atoms with E-state index in [9.17, 15) is 0 Å². The number of hydrogen-bond acceptors (Lipinski definition) is 2. The molecule has 0 aliphatic heterocycles. The number of nitrogens with zero attached hydrogens (tertiary/aromatic N) is 4. The Bertz CT molecular complexity index is 333. The van der Waals surface area contributed by atoms with Gasteiger partial charge in [-0.25, -0.2) is 4.68 Å². The standard InChI is InChI=1S/C7H8N4/c1-10-6-3-7(9-10)11-5-2-4-8-11/h2-6H,1H3. The summed E-state index contributed by atoms with van der Waals surface area (Å²) in [4.78, 5) is 0. The van der Waals surface area contributed by atoms with Crippen molar-refractivity contribution in [2.45, 2.75) is 0 Å². The summed E-state index contributed by atoms with van der Waals surface area (Å²) in [6, 6.07) is 3.78. The molecule has 0 aliphatic rings. The van der Waals surface area contributed by atoms with Crippen molar-refractivity contribution in [3.63, 3.8) is 0 Å². The molecule has 56 valence electrons. The molecule has 11 heavy (non-hydrogen) atoms. The van der Waals surface area contributed by atoms with E-state index in [0.29, 0.717) is 0 Å². The summed E-state index contributed by atoms with van der Waals surface area (Å²) in [6.45, 7) is 0. The van der Waals surface area contributed by atoms with E-state index >= 15 is 0 Å². The molecule has 2 aromatic heterocycles. The minimum Gasteiger partial charge on any atom is -0.274 e. The zero-order valence-corrected chi connectivity index (χ0v) is 6.18. The molecule has 0 unspecified atom stereocenters. The summed E-state index contributed by atoms with van der Waals surface area (Å²) in [5, 5.41) is 8.21. The van der Waals surface area contributed by atoms with Crippen LogP contribution in [0.4, 0.5) is 0 Å². The highest BCUT2D eigenvalue weighted by Crippen LogP contribution is 1.99. The van der Waals surface area contributed by atoms with E-state index in [2.05, 4.69) is 10.2 Å². The molecule has 0 bridgehead atoms. The Morgan fingerprint density at radius 1 is 1.36 bits per heavy atom. The summed E-state index contributed by atoms with van der Waals surface area (Å²) in [5.74, 6) is 0.845. The van der Waals surface area contributed by atoms with Crippen LogP contribution in [0.3, 0.4) is 0 Å². The lowest BCUT2D eigenvalue weighted by Gasteiger charge is -1.91. The van der Waals surface area contributed by atoms with Crippen molar-refractivity contribution in [1.82, 2.24) is 19.6 Å². The first-order valence-corrected chi connectivity index (χ1v) is 3.36. The lowest BCUT2D eigenvalue weighted by Crippen LogP contribution is -1.96.